The molecule has 0 aromatic carbocycles. The van der Waals surface area contributed by atoms with Gasteiger partial charge in [-0.1, -0.05) is 13.8 Å². The van der Waals surface area contributed by atoms with E-state index in [9.17, 15) is 16.8 Å². The molecule has 8 heteroatoms. The summed E-state index contributed by atoms with van der Waals surface area (Å²) in [5.41, 5.74) is 0. The van der Waals surface area contributed by atoms with E-state index in [0.29, 0.717) is 0 Å². The number of rotatable bonds is 5. The van der Waals surface area contributed by atoms with E-state index in [2.05, 4.69) is 8.37 Å². The number of hydrogen-bond acceptors (Lipinski definition) is 6. The summed E-state index contributed by atoms with van der Waals surface area (Å²) in [5.74, 6) is 0.264. The Morgan fingerprint density at radius 2 is 1.31 bits per heavy atom. The summed E-state index contributed by atoms with van der Waals surface area (Å²) in [6.45, 7) is 5.91. The van der Waals surface area contributed by atoms with E-state index < -0.39 is 20.2 Å². The lowest BCUT2D eigenvalue weighted by molar-refractivity contribution is 0.278. The van der Waals surface area contributed by atoms with E-state index in [1.165, 1.54) is 0 Å². The van der Waals surface area contributed by atoms with E-state index in [0.717, 1.165) is 12.5 Å². The van der Waals surface area contributed by atoms with E-state index in [-0.39, 0.29) is 19.1 Å². The SMILES string of the molecule is CC(C)COS(C)(=O)=O.CCOS(C)(=O)=O. The molecule has 6 nitrogen and oxygen atoms in total. The summed E-state index contributed by atoms with van der Waals surface area (Å²) in [4.78, 5) is 0. The van der Waals surface area contributed by atoms with Crippen LogP contribution in [0.5, 0.6) is 0 Å². The van der Waals surface area contributed by atoms with Crippen LogP contribution in [0.25, 0.3) is 0 Å². The zero-order valence-electron chi connectivity index (χ0n) is 10.3. The minimum Gasteiger partial charge on any atom is -0.271 e. The van der Waals surface area contributed by atoms with Gasteiger partial charge in [0.2, 0.25) is 0 Å². The Morgan fingerprint density at radius 3 is 1.38 bits per heavy atom. The third-order valence-electron chi connectivity index (χ3n) is 0.947. The normalized spacial score (nSPS) is 12.1. The van der Waals surface area contributed by atoms with E-state index in [4.69, 9.17) is 0 Å². The first-order valence-electron chi connectivity index (χ1n) is 4.66. The summed E-state index contributed by atoms with van der Waals surface area (Å²) >= 11 is 0. The smallest absolute Gasteiger partial charge is 0.264 e. The Balaban J connectivity index is 0. The van der Waals surface area contributed by atoms with Crippen LogP contribution in [0.2, 0.25) is 0 Å². The molecule has 0 aromatic rings. The van der Waals surface area contributed by atoms with Crippen molar-refractivity contribution in [3.63, 3.8) is 0 Å². The fourth-order valence-electron chi connectivity index (χ4n) is 0.474. The minimum absolute atomic E-state index is 0.221. The van der Waals surface area contributed by atoms with Crippen molar-refractivity contribution in [2.75, 3.05) is 25.7 Å². The second-order valence-corrected chi connectivity index (χ2v) is 6.78. The largest absolute Gasteiger partial charge is 0.271 e. The highest BCUT2D eigenvalue weighted by molar-refractivity contribution is 7.86. The van der Waals surface area contributed by atoms with E-state index in [1.54, 1.807) is 6.92 Å². The van der Waals surface area contributed by atoms with Gasteiger partial charge >= 0.3 is 0 Å². The Morgan fingerprint density at radius 1 is 0.938 bits per heavy atom. The lowest BCUT2D eigenvalue weighted by Gasteiger charge is -2.02. The molecule has 0 bridgehead atoms. The van der Waals surface area contributed by atoms with Crippen molar-refractivity contribution in [3.8, 4) is 0 Å². The molecule has 0 aliphatic heterocycles. The predicted octanol–water partition coefficient (Wildman–Crippen LogP) is 0.601. The average molecular weight is 276 g/mol. The molecule has 0 fully saturated rings. The van der Waals surface area contributed by atoms with Gasteiger partial charge in [0.15, 0.2) is 0 Å². The molecule has 0 heterocycles. The first-order valence-corrected chi connectivity index (χ1v) is 8.30. The molecule has 0 aromatic heterocycles. The molecule has 100 valence electrons. The molecule has 0 saturated heterocycles. The lowest BCUT2D eigenvalue weighted by Crippen LogP contribution is -2.08. The Bertz CT molecular complexity index is 354. The van der Waals surface area contributed by atoms with E-state index >= 15 is 0 Å². The lowest BCUT2D eigenvalue weighted by atomic mass is 10.2. The highest BCUT2D eigenvalue weighted by atomic mass is 32.2. The average Bonchev–Trinajstić information content (AvgIpc) is 1.98. The summed E-state index contributed by atoms with van der Waals surface area (Å²) in [6.07, 6.45) is 2.08. The Hall–Kier alpha value is -0.180. The maximum Gasteiger partial charge on any atom is 0.264 e. The Labute approximate surface area is 98.2 Å². The van der Waals surface area contributed by atoms with Gasteiger partial charge in [-0.3, -0.25) is 8.37 Å². The van der Waals surface area contributed by atoms with Gasteiger partial charge in [0.25, 0.3) is 20.2 Å². The zero-order chi connectivity index (χ0) is 13.4. The molecule has 0 spiro atoms. The fourth-order valence-corrected chi connectivity index (χ4v) is 1.42. The van der Waals surface area contributed by atoms with Gasteiger partial charge in [-0.2, -0.15) is 16.8 Å². The zero-order valence-corrected chi connectivity index (χ0v) is 11.9. The van der Waals surface area contributed by atoms with Gasteiger partial charge in [0, 0.05) is 0 Å². The van der Waals surface area contributed by atoms with Crippen LogP contribution in [0.3, 0.4) is 0 Å². The van der Waals surface area contributed by atoms with Gasteiger partial charge in [0.05, 0.1) is 25.7 Å². The van der Waals surface area contributed by atoms with Crippen LogP contribution in [0, 0.1) is 5.92 Å². The molecule has 0 unspecified atom stereocenters. The van der Waals surface area contributed by atoms with Crippen molar-refractivity contribution in [2.45, 2.75) is 20.8 Å². The molecular weight excluding hydrogens is 256 g/mol. The third-order valence-corrected chi connectivity index (χ3v) is 2.18. The third kappa shape index (κ3) is 23.6. The maximum atomic E-state index is 10.3. The van der Waals surface area contributed by atoms with Crippen LogP contribution in [0.1, 0.15) is 20.8 Å². The van der Waals surface area contributed by atoms with Crippen molar-refractivity contribution in [3.05, 3.63) is 0 Å². The molecular formula is C8H20O6S2. The van der Waals surface area contributed by atoms with Crippen molar-refractivity contribution < 1.29 is 25.2 Å². The molecule has 0 aliphatic rings. The van der Waals surface area contributed by atoms with Gasteiger partial charge < -0.3 is 0 Å². The first kappa shape index (κ1) is 18.2. The second kappa shape index (κ2) is 7.99. The quantitative estimate of drug-likeness (QED) is 0.683. The molecule has 0 amide bonds. The van der Waals surface area contributed by atoms with Crippen LogP contribution in [0.15, 0.2) is 0 Å². The minimum atomic E-state index is -3.22. The van der Waals surface area contributed by atoms with Gasteiger partial charge in [0.1, 0.15) is 0 Å². The first-order chi connectivity index (χ1) is 6.98. The molecule has 0 saturated carbocycles. The summed E-state index contributed by atoms with van der Waals surface area (Å²) in [7, 11) is -6.39. The molecule has 0 aliphatic carbocycles. The van der Waals surface area contributed by atoms with Gasteiger partial charge in [-0.05, 0) is 12.8 Å². The highest BCUT2D eigenvalue weighted by Gasteiger charge is 2.02. The predicted molar refractivity (Wildman–Crippen MR) is 62.1 cm³/mol. The van der Waals surface area contributed by atoms with Crippen LogP contribution in [0.4, 0.5) is 0 Å². The molecule has 0 N–H and O–H groups in total. The molecule has 16 heavy (non-hydrogen) atoms. The molecule has 0 atom stereocenters. The van der Waals surface area contributed by atoms with Crippen molar-refractivity contribution in [1.29, 1.82) is 0 Å². The second-order valence-electron chi connectivity index (χ2n) is 3.49. The monoisotopic (exact) mass is 276 g/mol. The van der Waals surface area contributed by atoms with Crippen molar-refractivity contribution in [1.82, 2.24) is 0 Å². The van der Waals surface area contributed by atoms with Gasteiger partial charge in [-0.25, -0.2) is 0 Å². The van der Waals surface area contributed by atoms with Crippen molar-refractivity contribution in [2.24, 2.45) is 5.92 Å². The maximum absolute atomic E-state index is 10.3. The van der Waals surface area contributed by atoms with Crippen LogP contribution < -0.4 is 0 Å². The highest BCUT2D eigenvalue weighted by Crippen LogP contribution is 1.95. The fraction of sp³-hybridized carbons (Fsp3) is 1.00. The van der Waals surface area contributed by atoms with E-state index in [1.807, 2.05) is 13.8 Å². The van der Waals surface area contributed by atoms with Gasteiger partial charge in [-0.15, -0.1) is 0 Å². The molecule has 0 rings (SSSR count). The topological polar surface area (TPSA) is 86.7 Å². The molecule has 0 radical (unpaired) electrons. The van der Waals surface area contributed by atoms with Crippen LogP contribution in [-0.2, 0) is 28.6 Å². The number of hydrogen-bond donors (Lipinski definition) is 0. The summed E-state index contributed by atoms with van der Waals surface area (Å²) in [6, 6.07) is 0. The Kier molecular flexibility index (Phi) is 9.09. The summed E-state index contributed by atoms with van der Waals surface area (Å²) in [5, 5.41) is 0. The summed E-state index contributed by atoms with van der Waals surface area (Å²) < 4.78 is 49.3. The van der Waals surface area contributed by atoms with Crippen LogP contribution in [-0.4, -0.2) is 42.6 Å². The van der Waals surface area contributed by atoms with Crippen LogP contribution >= 0.6 is 0 Å². The van der Waals surface area contributed by atoms with Crippen molar-refractivity contribution >= 4 is 20.2 Å². The standard InChI is InChI=1S/C5H12O3S.C3H8O3S/c1-5(2)4-8-9(3,6)7;1-3-6-7(2,4)5/h5H,4H2,1-3H3;3H2,1-2H3.